The van der Waals surface area contributed by atoms with Crippen LogP contribution in [0.4, 0.5) is 14.5 Å². The maximum absolute atomic E-state index is 13.6. The van der Waals surface area contributed by atoms with Crippen LogP contribution in [0.5, 0.6) is 0 Å². The zero-order chi connectivity index (χ0) is 14.0. The van der Waals surface area contributed by atoms with E-state index < -0.39 is 17.7 Å². The van der Waals surface area contributed by atoms with Gasteiger partial charge in [0.25, 0.3) is 0 Å². The van der Waals surface area contributed by atoms with E-state index in [2.05, 4.69) is 5.32 Å². The predicted molar refractivity (Wildman–Crippen MR) is 70.1 cm³/mol. The van der Waals surface area contributed by atoms with Gasteiger partial charge in [-0.1, -0.05) is 12.1 Å². The van der Waals surface area contributed by atoms with Crippen LogP contribution >= 0.6 is 0 Å². The van der Waals surface area contributed by atoms with Gasteiger partial charge in [0.05, 0.1) is 11.7 Å². The first-order chi connectivity index (χ1) is 8.99. The Balaban J connectivity index is 2.25. The number of pyridine rings is 1. The van der Waals surface area contributed by atoms with Gasteiger partial charge in [-0.15, -0.1) is 0 Å². The number of hydrogen-bond acceptors (Lipinski definition) is 2. The van der Waals surface area contributed by atoms with Crippen LogP contribution in [0.1, 0.15) is 18.5 Å². The molecule has 0 fully saturated rings. The molecule has 0 saturated carbocycles. The smallest absolute Gasteiger partial charge is 0.250 e. The van der Waals surface area contributed by atoms with Gasteiger partial charge in [0.1, 0.15) is 0 Å². The summed E-state index contributed by atoms with van der Waals surface area (Å²) >= 11 is 0. The molecule has 1 atom stereocenters. The molecule has 3 nitrogen and oxygen atoms in total. The molecule has 2 aromatic rings. The van der Waals surface area contributed by atoms with E-state index in [4.69, 9.17) is 0 Å². The number of aromatic nitrogens is 1. The van der Waals surface area contributed by atoms with Crippen LogP contribution in [0.25, 0.3) is 0 Å². The van der Waals surface area contributed by atoms with Crippen molar-refractivity contribution in [2.24, 2.45) is 7.05 Å². The normalized spacial score (nSPS) is 12.2. The van der Waals surface area contributed by atoms with E-state index in [9.17, 15) is 13.6 Å². The van der Waals surface area contributed by atoms with Crippen LogP contribution in [0.15, 0.2) is 41.3 Å². The second-order valence-electron chi connectivity index (χ2n) is 4.38. The van der Waals surface area contributed by atoms with Crippen molar-refractivity contribution in [3.05, 3.63) is 64.1 Å². The molecule has 0 spiro atoms. The van der Waals surface area contributed by atoms with Gasteiger partial charge in [0.2, 0.25) is 5.56 Å². The zero-order valence-corrected chi connectivity index (χ0v) is 10.7. The summed E-state index contributed by atoms with van der Waals surface area (Å²) in [6.45, 7) is 1.73. The molecule has 0 amide bonds. The summed E-state index contributed by atoms with van der Waals surface area (Å²) in [6, 6.07) is 6.68. The molecule has 2 rings (SSSR count). The minimum Gasteiger partial charge on any atom is -0.377 e. The lowest BCUT2D eigenvalue weighted by Crippen LogP contribution is -2.16. The van der Waals surface area contributed by atoms with E-state index >= 15 is 0 Å². The van der Waals surface area contributed by atoms with Crippen molar-refractivity contribution in [2.45, 2.75) is 13.0 Å². The van der Waals surface area contributed by atoms with Crippen LogP contribution in [-0.2, 0) is 7.05 Å². The van der Waals surface area contributed by atoms with Gasteiger partial charge in [-0.25, -0.2) is 8.78 Å². The van der Waals surface area contributed by atoms with E-state index in [0.29, 0.717) is 5.69 Å². The molecule has 0 radical (unpaired) electrons. The van der Waals surface area contributed by atoms with E-state index in [-0.39, 0.29) is 11.1 Å². The monoisotopic (exact) mass is 264 g/mol. The summed E-state index contributed by atoms with van der Waals surface area (Å²) in [7, 11) is 1.63. The summed E-state index contributed by atoms with van der Waals surface area (Å²) < 4.78 is 28.2. The van der Waals surface area contributed by atoms with Gasteiger partial charge >= 0.3 is 0 Å². The Kier molecular flexibility index (Phi) is 3.64. The lowest BCUT2D eigenvalue weighted by Gasteiger charge is -2.17. The molecular weight excluding hydrogens is 250 g/mol. The molecule has 19 heavy (non-hydrogen) atoms. The van der Waals surface area contributed by atoms with Crippen LogP contribution in [0.3, 0.4) is 0 Å². The molecule has 1 N–H and O–H groups in total. The number of nitrogens with one attached hydrogen (secondary N) is 1. The van der Waals surface area contributed by atoms with Gasteiger partial charge < -0.3 is 9.88 Å². The van der Waals surface area contributed by atoms with Crippen molar-refractivity contribution in [3.8, 4) is 0 Å². The zero-order valence-electron chi connectivity index (χ0n) is 10.7. The lowest BCUT2D eigenvalue weighted by atomic mass is 10.1. The molecule has 1 aromatic heterocycles. The van der Waals surface area contributed by atoms with Crippen molar-refractivity contribution in [2.75, 3.05) is 5.32 Å². The maximum atomic E-state index is 13.6. The fourth-order valence-corrected chi connectivity index (χ4v) is 1.86. The number of rotatable bonds is 3. The van der Waals surface area contributed by atoms with Crippen molar-refractivity contribution in [3.63, 3.8) is 0 Å². The highest BCUT2D eigenvalue weighted by molar-refractivity contribution is 5.43. The number of nitrogens with zero attached hydrogens (tertiary/aromatic N) is 1. The van der Waals surface area contributed by atoms with Crippen molar-refractivity contribution in [1.29, 1.82) is 0 Å². The van der Waals surface area contributed by atoms with E-state index in [1.807, 2.05) is 0 Å². The minimum atomic E-state index is -0.869. The molecule has 0 aliphatic carbocycles. The first-order valence-corrected chi connectivity index (χ1v) is 5.86. The van der Waals surface area contributed by atoms with Crippen LogP contribution in [0, 0.1) is 11.6 Å². The topological polar surface area (TPSA) is 34.0 Å². The van der Waals surface area contributed by atoms with Crippen molar-refractivity contribution < 1.29 is 8.78 Å². The van der Waals surface area contributed by atoms with Gasteiger partial charge in [-0.3, -0.25) is 4.79 Å². The maximum Gasteiger partial charge on any atom is 0.250 e. The quantitative estimate of drug-likeness (QED) is 0.925. The summed E-state index contributed by atoms with van der Waals surface area (Å²) in [5, 5.41) is 3.03. The van der Waals surface area contributed by atoms with Crippen LogP contribution in [-0.4, -0.2) is 4.57 Å². The second-order valence-corrected chi connectivity index (χ2v) is 4.38. The second kappa shape index (κ2) is 5.22. The van der Waals surface area contributed by atoms with Crippen LogP contribution in [0.2, 0.25) is 0 Å². The largest absolute Gasteiger partial charge is 0.377 e. The molecule has 0 aliphatic rings. The highest BCUT2D eigenvalue weighted by atomic mass is 19.2. The minimum absolute atomic E-state index is 0.130. The fraction of sp³-hybridized carbons (Fsp3) is 0.214. The number of hydrogen-bond donors (Lipinski definition) is 1. The number of halogens is 2. The molecule has 0 saturated heterocycles. The first-order valence-electron chi connectivity index (χ1n) is 5.86. The summed E-state index contributed by atoms with van der Waals surface area (Å²) in [4.78, 5) is 11.3. The predicted octanol–water partition coefficient (Wildman–Crippen LogP) is 2.84. The molecular formula is C14H14F2N2O. The average molecular weight is 264 g/mol. The van der Waals surface area contributed by atoms with E-state index in [1.54, 1.807) is 26.2 Å². The highest BCUT2D eigenvalue weighted by Crippen LogP contribution is 2.22. The third-order valence-electron chi connectivity index (χ3n) is 2.92. The third-order valence-corrected chi connectivity index (χ3v) is 2.92. The van der Waals surface area contributed by atoms with Crippen LogP contribution < -0.4 is 10.9 Å². The third kappa shape index (κ3) is 2.81. The molecule has 100 valence electrons. The molecule has 0 aliphatic heterocycles. The Hall–Kier alpha value is -2.17. The summed E-state index contributed by atoms with van der Waals surface area (Å²) in [5.74, 6) is -1.72. The van der Waals surface area contributed by atoms with Gasteiger partial charge in [-0.2, -0.15) is 0 Å². The Morgan fingerprint density at radius 1 is 1.21 bits per heavy atom. The molecule has 5 heteroatoms. The molecule has 1 heterocycles. The fourth-order valence-electron chi connectivity index (χ4n) is 1.86. The molecule has 1 unspecified atom stereocenters. The van der Waals surface area contributed by atoms with E-state index in [0.717, 1.165) is 6.07 Å². The van der Waals surface area contributed by atoms with Gasteiger partial charge in [-0.05, 0) is 19.1 Å². The Morgan fingerprint density at radius 3 is 2.63 bits per heavy atom. The van der Waals surface area contributed by atoms with Gasteiger partial charge in [0.15, 0.2) is 11.6 Å². The van der Waals surface area contributed by atoms with Crippen molar-refractivity contribution >= 4 is 5.69 Å². The number of anilines is 1. The SMILES string of the molecule is CC(Nc1ccc(=O)n(C)c1)c1cccc(F)c1F. The van der Waals surface area contributed by atoms with E-state index in [1.165, 1.54) is 22.8 Å². The molecule has 0 bridgehead atoms. The van der Waals surface area contributed by atoms with Crippen molar-refractivity contribution in [1.82, 2.24) is 4.57 Å². The number of aryl methyl sites for hydroxylation is 1. The highest BCUT2D eigenvalue weighted by Gasteiger charge is 2.14. The number of benzene rings is 1. The Morgan fingerprint density at radius 2 is 1.95 bits per heavy atom. The Labute approximate surface area is 109 Å². The first kappa shape index (κ1) is 13.3. The average Bonchev–Trinajstić information content (AvgIpc) is 2.37. The lowest BCUT2D eigenvalue weighted by molar-refractivity contribution is 0.494. The van der Waals surface area contributed by atoms with Gasteiger partial charge in [0, 0.05) is 24.9 Å². The molecule has 1 aromatic carbocycles. The summed E-state index contributed by atoms with van der Waals surface area (Å²) in [6.07, 6.45) is 1.61. The standard InChI is InChI=1S/C14H14F2N2O/c1-9(11-4-3-5-12(15)14(11)16)17-10-6-7-13(19)18(2)8-10/h3-9,17H,1-2H3. The summed E-state index contributed by atoms with van der Waals surface area (Å²) in [5.41, 5.74) is 0.780. The Bertz CT molecular complexity index is 652.